The number of hydrogen-bond donors (Lipinski definition) is 1. The number of rotatable bonds is 5. The molecule has 3 aromatic rings. The van der Waals surface area contributed by atoms with E-state index in [1.165, 1.54) is 11.1 Å². The topological polar surface area (TPSA) is 89.4 Å². The van der Waals surface area contributed by atoms with Gasteiger partial charge in [-0.3, -0.25) is 14.7 Å². The number of aromatic nitrogens is 2. The van der Waals surface area contributed by atoms with Crippen LogP contribution in [0.1, 0.15) is 10.4 Å². The van der Waals surface area contributed by atoms with Crippen molar-refractivity contribution in [1.29, 1.82) is 0 Å². The van der Waals surface area contributed by atoms with Gasteiger partial charge in [-0.1, -0.05) is 29.3 Å². The van der Waals surface area contributed by atoms with Gasteiger partial charge in [0, 0.05) is 55.1 Å². The zero-order chi connectivity index (χ0) is 27.3. The van der Waals surface area contributed by atoms with Crippen molar-refractivity contribution in [3.8, 4) is 5.75 Å². The second-order valence-corrected chi connectivity index (χ2v) is 11.1. The molecule has 1 aromatic heterocycles. The minimum Gasteiger partial charge on any atom is -0.494 e. The lowest BCUT2D eigenvalue weighted by Gasteiger charge is -2.35. The second kappa shape index (κ2) is 10.5. The molecule has 0 saturated carbocycles. The molecule has 0 unspecified atom stereocenters. The van der Waals surface area contributed by atoms with Crippen LogP contribution in [-0.2, 0) is 0 Å². The monoisotopic (exact) mass is 630 g/mol. The molecule has 1 saturated heterocycles. The van der Waals surface area contributed by atoms with Crippen molar-refractivity contribution in [2.24, 2.45) is 4.99 Å². The minimum atomic E-state index is -0.343. The predicted molar refractivity (Wildman–Crippen MR) is 159 cm³/mol. The van der Waals surface area contributed by atoms with Crippen molar-refractivity contribution < 1.29 is 9.53 Å². The quantitative estimate of drug-likeness (QED) is 0.426. The third-order valence-electron chi connectivity index (χ3n) is 6.96. The summed E-state index contributed by atoms with van der Waals surface area (Å²) in [5, 5.41) is 3.98. The van der Waals surface area contributed by atoms with E-state index in [-0.39, 0.29) is 5.91 Å². The Balaban J connectivity index is 1.32. The highest BCUT2D eigenvalue weighted by Crippen LogP contribution is 2.41. The lowest BCUT2D eigenvalue weighted by atomic mass is 10.1. The number of hydrogen-bond acceptors (Lipinski definition) is 9. The summed E-state index contributed by atoms with van der Waals surface area (Å²) in [5.74, 6) is 1.66. The molecule has 202 valence electrons. The van der Waals surface area contributed by atoms with E-state index in [4.69, 9.17) is 32.9 Å². The van der Waals surface area contributed by atoms with Gasteiger partial charge in [-0.25, -0.2) is 9.88 Å². The van der Waals surface area contributed by atoms with Gasteiger partial charge in [0.1, 0.15) is 11.3 Å². The van der Waals surface area contributed by atoms with Crippen molar-refractivity contribution in [3.63, 3.8) is 0 Å². The first-order valence-electron chi connectivity index (χ1n) is 12.4. The second-order valence-electron chi connectivity index (χ2n) is 9.40. The van der Waals surface area contributed by atoms with Gasteiger partial charge in [0.25, 0.3) is 5.91 Å². The summed E-state index contributed by atoms with van der Waals surface area (Å²) in [6.45, 7) is 4.86. The highest BCUT2D eigenvalue weighted by molar-refractivity contribution is 9.10. The Morgan fingerprint density at radius 1 is 1.05 bits per heavy atom. The van der Waals surface area contributed by atoms with Gasteiger partial charge in [-0.15, -0.1) is 0 Å². The summed E-state index contributed by atoms with van der Waals surface area (Å²) in [4.78, 5) is 35.3. The van der Waals surface area contributed by atoms with E-state index in [0.29, 0.717) is 52.1 Å². The standard InChI is InChI=1S/C26H25BrCl2N8O2/c1-34-8-10-35(11-9-34)21-17(27)12-15(13-20(21)39-2)32-25-31-14-16-23(33-25)36-7-6-30-26(36)37(24(16)38)22-18(28)4-3-5-19(22)29/h3-5,12-14H,6-11H2,1-2H3,(H,31,32,33). The Labute approximate surface area is 244 Å². The third-order valence-corrected chi connectivity index (χ3v) is 8.18. The number of amides is 1. The number of benzene rings is 2. The number of aliphatic imine (C=N–C) groups is 1. The van der Waals surface area contributed by atoms with Crippen LogP contribution in [-0.4, -0.2) is 80.2 Å². The van der Waals surface area contributed by atoms with Crippen LogP contribution in [0.15, 0.2) is 46.0 Å². The number of para-hydroxylation sites is 1. The summed E-state index contributed by atoms with van der Waals surface area (Å²) in [7, 11) is 3.79. The molecule has 0 atom stereocenters. The van der Waals surface area contributed by atoms with Crippen LogP contribution in [0.3, 0.4) is 0 Å². The average Bonchev–Trinajstić information content (AvgIpc) is 3.40. The Morgan fingerprint density at radius 3 is 2.51 bits per heavy atom. The number of halogens is 3. The number of piperazine rings is 1. The highest BCUT2D eigenvalue weighted by atomic mass is 79.9. The first-order valence-corrected chi connectivity index (χ1v) is 14.0. The van der Waals surface area contributed by atoms with E-state index in [1.807, 2.05) is 17.0 Å². The number of nitrogens with zero attached hydrogens (tertiary/aromatic N) is 7. The fraction of sp³-hybridized carbons (Fsp3) is 0.308. The molecule has 10 nitrogen and oxygen atoms in total. The van der Waals surface area contributed by atoms with Gasteiger partial charge in [0.2, 0.25) is 11.9 Å². The molecule has 3 aliphatic rings. The number of methoxy groups -OCH3 is 1. The summed E-state index contributed by atoms with van der Waals surface area (Å²) in [6.07, 6.45) is 1.52. The number of carbonyl (C=O) groups excluding carboxylic acids is 1. The third kappa shape index (κ3) is 4.67. The van der Waals surface area contributed by atoms with E-state index < -0.39 is 0 Å². The summed E-state index contributed by atoms with van der Waals surface area (Å²) >= 11 is 16.6. The Hall–Kier alpha value is -3.12. The smallest absolute Gasteiger partial charge is 0.270 e. The zero-order valence-corrected chi connectivity index (χ0v) is 24.4. The van der Waals surface area contributed by atoms with Crippen LogP contribution in [0.5, 0.6) is 5.75 Å². The van der Waals surface area contributed by atoms with Gasteiger partial charge in [0.15, 0.2) is 5.82 Å². The van der Waals surface area contributed by atoms with E-state index in [0.717, 1.165) is 47.8 Å². The van der Waals surface area contributed by atoms with Crippen LogP contribution in [0.4, 0.5) is 28.8 Å². The molecule has 0 bridgehead atoms. The molecule has 3 aliphatic heterocycles. The maximum Gasteiger partial charge on any atom is 0.270 e. The number of nitrogens with one attached hydrogen (secondary N) is 1. The van der Waals surface area contributed by atoms with Gasteiger partial charge in [-0.2, -0.15) is 4.98 Å². The number of likely N-dealkylation sites (N-methyl/N-ethyl adjacent to an activating group) is 1. The lowest BCUT2D eigenvalue weighted by molar-refractivity contribution is 0.1000. The zero-order valence-electron chi connectivity index (χ0n) is 21.3. The van der Waals surface area contributed by atoms with Crippen LogP contribution < -0.4 is 24.8 Å². The van der Waals surface area contributed by atoms with Crippen molar-refractivity contribution in [2.45, 2.75) is 0 Å². The van der Waals surface area contributed by atoms with Gasteiger partial charge < -0.3 is 19.9 Å². The number of ether oxygens (including phenoxy) is 1. The molecule has 0 radical (unpaired) electrons. The van der Waals surface area contributed by atoms with Crippen LogP contribution in [0.25, 0.3) is 0 Å². The van der Waals surface area contributed by atoms with Crippen molar-refractivity contribution >= 4 is 79.8 Å². The Kier molecular flexibility index (Phi) is 7.00. The van der Waals surface area contributed by atoms with Gasteiger partial charge >= 0.3 is 0 Å². The van der Waals surface area contributed by atoms with Crippen molar-refractivity contribution in [3.05, 3.63) is 56.6 Å². The van der Waals surface area contributed by atoms with E-state index in [9.17, 15) is 4.79 Å². The van der Waals surface area contributed by atoms with Crippen LogP contribution >= 0.6 is 39.1 Å². The maximum absolute atomic E-state index is 13.6. The van der Waals surface area contributed by atoms with E-state index >= 15 is 0 Å². The molecule has 6 rings (SSSR count). The molecule has 13 heteroatoms. The molecule has 1 fully saturated rings. The fourth-order valence-corrected chi connectivity index (χ4v) is 6.26. The molecule has 0 spiro atoms. The highest BCUT2D eigenvalue weighted by Gasteiger charge is 2.41. The fourth-order valence-electron chi connectivity index (χ4n) is 5.00. The normalized spacial score (nSPS) is 17.2. The number of fused-ring (bicyclic) bond motifs is 3. The summed E-state index contributed by atoms with van der Waals surface area (Å²) < 4.78 is 6.66. The molecular formula is C26H25BrCl2N8O2. The first-order chi connectivity index (χ1) is 18.9. The summed E-state index contributed by atoms with van der Waals surface area (Å²) in [5.41, 5.74) is 2.49. The minimum absolute atomic E-state index is 0.335. The summed E-state index contributed by atoms with van der Waals surface area (Å²) in [6, 6.07) is 9.02. The molecule has 1 N–H and O–H groups in total. The van der Waals surface area contributed by atoms with Gasteiger partial charge in [-0.05, 0) is 41.2 Å². The molecular weight excluding hydrogens is 607 g/mol. The molecule has 0 aliphatic carbocycles. The number of anilines is 5. The first kappa shape index (κ1) is 26.1. The Bertz CT molecular complexity index is 1470. The molecule has 4 heterocycles. The molecule has 39 heavy (non-hydrogen) atoms. The SMILES string of the molecule is COc1cc(Nc2ncc3c(n2)N2CCN=C2N(c2c(Cl)cccc2Cl)C3=O)cc(Br)c1N1CCN(C)CC1. The average molecular weight is 632 g/mol. The van der Waals surface area contributed by atoms with Gasteiger partial charge in [0.05, 0.1) is 35.1 Å². The largest absolute Gasteiger partial charge is 0.494 e. The van der Waals surface area contributed by atoms with E-state index in [1.54, 1.807) is 25.3 Å². The maximum atomic E-state index is 13.6. The van der Waals surface area contributed by atoms with Crippen LogP contribution in [0.2, 0.25) is 10.0 Å². The predicted octanol–water partition coefficient (Wildman–Crippen LogP) is 4.89. The lowest BCUT2D eigenvalue weighted by Crippen LogP contribution is -2.51. The van der Waals surface area contributed by atoms with E-state index in [2.05, 4.69) is 48.1 Å². The number of carbonyl (C=O) groups is 1. The molecule has 2 aromatic carbocycles. The van der Waals surface area contributed by atoms with Crippen LogP contribution in [0, 0.1) is 0 Å². The number of guanidine groups is 1. The Morgan fingerprint density at radius 2 is 1.79 bits per heavy atom. The van der Waals surface area contributed by atoms with Crippen molar-refractivity contribution in [1.82, 2.24) is 14.9 Å². The van der Waals surface area contributed by atoms with Crippen molar-refractivity contribution in [2.75, 3.05) is 73.4 Å². The molecule has 1 amide bonds.